The first-order valence-corrected chi connectivity index (χ1v) is 28.5. The molecule has 0 spiro atoms. The maximum atomic E-state index is 11.6. The molecule has 31 heteroatoms. The fraction of sp³-hybridized carbons (Fsp3) is 0.897. The number of carboxylic acid groups (broad SMARTS) is 2. The van der Waals surface area contributed by atoms with E-state index in [2.05, 4.69) is 24.2 Å². The van der Waals surface area contributed by atoms with E-state index in [1.165, 1.54) is 35.5 Å². The number of aliphatic hydroxyl groups excluding tert-OH is 4. The van der Waals surface area contributed by atoms with Gasteiger partial charge in [0.25, 0.3) is 0 Å². The smallest absolute Gasteiger partial charge is 0.870 e. The third kappa shape index (κ3) is 87.0. The molecule has 0 aliphatic carbocycles. The topological polar surface area (TPSA) is 450 Å². The van der Waals surface area contributed by atoms with Crippen LogP contribution in [0.25, 0.3) is 0 Å². The first kappa shape index (κ1) is 95.1. The molecule has 0 radical (unpaired) electrons. The molecule has 0 rings (SSSR count). The third-order valence-electron chi connectivity index (χ3n) is 8.31. The number of hydrogen-bond acceptors (Lipinski definition) is 18. The second-order valence-electron chi connectivity index (χ2n) is 13.1. The number of amides is 2. The van der Waals surface area contributed by atoms with Gasteiger partial charge in [-0.3, -0.25) is 37.4 Å². The summed E-state index contributed by atoms with van der Waals surface area (Å²) < 4.78 is 67.4. The van der Waals surface area contributed by atoms with E-state index in [0.29, 0.717) is 51.1 Å². The predicted molar refractivity (Wildman–Crippen MR) is 265 cm³/mol. The summed E-state index contributed by atoms with van der Waals surface area (Å²) in [5.41, 5.74) is 0. The second kappa shape index (κ2) is 70.3. The molecule has 0 aromatic carbocycles. The fourth-order valence-corrected chi connectivity index (χ4v) is 8.10. The van der Waals surface area contributed by atoms with Gasteiger partial charge in [-0.2, -0.15) is 0 Å². The number of nitrogens with one attached hydrogen (secondary N) is 2. The fourth-order valence-electron chi connectivity index (χ4n) is 4.56. The molecule has 0 fully saturated rings. The summed E-state index contributed by atoms with van der Waals surface area (Å²) in [4.78, 5) is 69.2. The van der Waals surface area contributed by atoms with Gasteiger partial charge in [-0.25, -0.2) is 0 Å². The van der Waals surface area contributed by atoms with E-state index in [9.17, 15) is 37.4 Å². The van der Waals surface area contributed by atoms with E-state index in [1.807, 2.05) is 0 Å². The summed E-state index contributed by atoms with van der Waals surface area (Å²) in [5, 5.41) is 49.8. The molecule has 2 amide bonds. The van der Waals surface area contributed by atoms with Crippen LogP contribution >= 0.6 is 30.4 Å². The Labute approximate surface area is 439 Å². The standard InChI is InChI=1S/2C9H20NO4P.C9H19O5P.C8H17O5P.4CH4O.Na.2H2O/c2*1-10-9(11)7-5-3-4-6-8-15(12,13)14-2;1-13-15(12,14-2)8-6-4-3-5-7-9(10)11;1-13-14(11,12)7-5-3-2-4-6-8(9)10;4*1-2;;;/h2*3-8H2,1-2H3,(H,10,11)(H,12,13);3-8H2,1-2H3,(H,10,11);2-7H2,1H3,(H,9,10)(H,11,12);4*2H,1H3;;2*1H2/q;;;;;;;;+1;;/p-1. The van der Waals surface area contributed by atoms with Crippen molar-refractivity contribution in [1.82, 2.24) is 10.6 Å². The SMILES string of the molecule is CNC(=O)CCCCCCP(=O)(O)OC.CNC(=O)CCCCCCP(=O)(O)OC.CO.CO.CO.CO.COP(=O)(CCCCCCC(=O)O)OC.COP(=O)(O)CCCCCCC(=O)O.O.[Na+].[OH-]. The van der Waals surface area contributed by atoms with Crippen LogP contribution < -0.4 is 40.2 Å². The average Bonchev–Trinajstić information content (AvgIpc) is 3.33. The van der Waals surface area contributed by atoms with E-state index in [-0.39, 0.29) is 83.7 Å². The molecule has 0 saturated heterocycles. The number of carbonyl (C=O) groups is 4. The molecule has 70 heavy (non-hydrogen) atoms. The minimum atomic E-state index is -3.36. The van der Waals surface area contributed by atoms with Crippen molar-refractivity contribution in [2.24, 2.45) is 0 Å². The first-order valence-electron chi connectivity index (χ1n) is 21.5. The molecule has 0 aromatic rings. The molecule has 26 nitrogen and oxygen atoms in total. The summed E-state index contributed by atoms with van der Waals surface area (Å²) in [6, 6.07) is 0. The maximum Gasteiger partial charge on any atom is 1.00 e. The number of carbonyl (C=O) groups excluding carboxylic acids is 2. The number of unbranched alkanes of at least 4 members (excludes halogenated alkanes) is 12. The van der Waals surface area contributed by atoms with Crippen LogP contribution in [0.1, 0.15) is 128 Å². The van der Waals surface area contributed by atoms with Crippen LogP contribution in [-0.2, 0) is 60.1 Å². The Morgan fingerprint density at radius 1 is 0.386 bits per heavy atom. The molecule has 0 aliphatic heterocycles. The van der Waals surface area contributed by atoms with Crippen molar-refractivity contribution >= 4 is 54.1 Å². The predicted octanol–water partition coefficient (Wildman–Crippen LogP) is 1.83. The quantitative estimate of drug-likeness (QED) is 0.0254. The Hall–Kier alpha value is -0.760. The van der Waals surface area contributed by atoms with Gasteiger partial charge in [0.1, 0.15) is 0 Å². The number of hydrogen-bond donors (Lipinski definition) is 11. The van der Waals surface area contributed by atoms with Crippen molar-refractivity contribution in [2.75, 3.05) is 103 Å². The van der Waals surface area contributed by atoms with Crippen molar-refractivity contribution in [3.05, 3.63) is 0 Å². The van der Waals surface area contributed by atoms with Crippen molar-refractivity contribution in [2.45, 2.75) is 128 Å². The zero-order valence-corrected chi connectivity index (χ0v) is 49.6. The Morgan fingerprint density at radius 3 is 0.771 bits per heavy atom. The minimum absolute atomic E-state index is 0. The molecule has 14 N–H and O–H groups in total. The zero-order chi connectivity index (χ0) is 54.2. The van der Waals surface area contributed by atoms with Crippen LogP contribution in [0.2, 0.25) is 0 Å². The molecule has 0 aliphatic rings. The average molecular weight is 1120 g/mol. The van der Waals surface area contributed by atoms with Crippen LogP contribution in [0.4, 0.5) is 0 Å². The van der Waals surface area contributed by atoms with E-state index in [1.54, 1.807) is 14.1 Å². The van der Waals surface area contributed by atoms with Gasteiger partial charge in [0.15, 0.2) is 0 Å². The summed E-state index contributed by atoms with van der Waals surface area (Å²) in [7, 11) is 0.791. The van der Waals surface area contributed by atoms with Gasteiger partial charge in [0.05, 0.1) is 6.16 Å². The van der Waals surface area contributed by atoms with Crippen LogP contribution in [0.15, 0.2) is 0 Å². The van der Waals surface area contributed by atoms with Crippen molar-refractivity contribution in [3.63, 3.8) is 0 Å². The summed E-state index contributed by atoms with van der Waals surface area (Å²) in [6.07, 6.45) is 14.7. The van der Waals surface area contributed by atoms with Crippen LogP contribution in [0, 0.1) is 0 Å². The Morgan fingerprint density at radius 2 is 0.586 bits per heavy atom. The van der Waals surface area contributed by atoms with Crippen molar-refractivity contribution < 1.29 is 146 Å². The molecular weight excluding hydrogens is 1030 g/mol. The molecule has 0 heterocycles. The number of aliphatic hydroxyl groups is 4. The summed E-state index contributed by atoms with van der Waals surface area (Å²) in [5.74, 6) is -1.48. The van der Waals surface area contributed by atoms with E-state index >= 15 is 0 Å². The number of aliphatic carboxylic acids is 2. The third-order valence-corrected chi connectivity index (χ3v) is 14.6. The van der Waals surface area contributed by atoms with Crippen LogP contribution in [0.5, 0.6) is 0 Å². The number of rotatable bonds is 33. The van der Waals surface area contributed by atoms with Crippen LogP contribution in [0.3, 0.4) is 0 Å². The number of carboxylic acids is 2. The zero-order valence-electron chi connectivity index (χ0n) is 44.0. The van der Waals surface area contributed by atoms with Gasteiger partial charge >= 0.3 is 71.9 Å². The van der Waals surface area contributed by atoms with Crippen molar-refractivity contribution in [1.29, 1.82) is 0 Å². The van der Waals surface area contributed by atoms with Crippen LogP contribution in [-0.4, -0.2) is 183 Å². The maximum absolute atomic E-state index is 11.6. The molecule has 3 atom stereocenters. The molecule has 0 saturated carbocycles. The monoisotopic (exact) mass is 1120 g/mol. The Kier molecular flexibility index (Phi) is 95.5. The van der Waals surface area contributed by atoms with Gasteiger partial charge < -0.3 is 89.5 Å². The normalized spacial score (nSPS) is 12.1. The summed E-state index contributed by atoms with van der Waals surface area (Å²) in [6.45, 7) is 0. The van der Waals surface area contributed by atoms with Gasteiger partial charge in [0.2, 0.25) is 11.8 Å². The second-order valence-corrected chi connectivity index (χ2v) is 21.8. The van der Waals surface area contributed by atoms with Gasteiger partial charge in [0, 0.05) is 122 Å². The molecular formula is C39H95N2NaO24P4. The van der Waals surface area contributed by atoms with Gasteiger partial charge in [-0.05, 0) is 51.4 Å². The molecule has 0 aromatic heterocycles. The van der Waals surface area contributed by atoms with Gasteiger partial charge in [-0.1, -0.05) is 51.4 Å². The van der Waals surface area contributed by atoms with Gasteiger partial charge in [-0.15, -0.1) is 0 Å². The Bertz CT molecular complexity index is 1260. The largest absolute Gasteiger partial charge is 1.00 e. The Balaban J connectivity index is -0.0000000691. The van der Waals surface area contributed by atoms with E-state index < -0.39 is 42.3 Å². The van der Waals surface area contributed by atoms with Crippen molar-refractivity contribution in [3.8, 4) is 0 Å². The molecule has 426 valence electrons. The first-order chi connectivity index (χ1) is 31.5. The van der Waals surface area contributed by atoms with E-state index in [0.717, 1.165) is 99.1 Å². The molecule has 0 bridgehead atoms. The summed E-state index contributed by atoms with van der Waals surface area (Å²) >= 11 is 0. The molecule has 3 unspecified atom stereocenters. The minimum Gasteiger partial charge on any atom is -0.870 e. The van der Waals surface area contributed by atoms with E-state index in [4.69, 9.17) is 54.4 Å².